The van der Waals surface area contributed by atoms with Crippen LogP contribution in [0, 0.1) is 0 Å². The number of hydrogen-bond acceptors (Lipinski definition) is 1. The minimum atomic E-state index is 0.126. The maximum absolute atomic E-state index is 11.9. The fourth-order valence-electron chi connectivity index (χ4n) is 1.69. The van der Waals surface area contributed by atoms with Crippen LogP contribution in [0.1, 0.15) is 22.3 Å². The van der Waals surface area contributed by atoms with Gasteiger partial charge in [0.2, 0.25) is 0 Å². The van der Waals surface area contributed by atoms with Gasteiger partial charge in [-0.2, -0.15) is 0 Å². The average Bonchev–Trinajstić information content (AvgIpc) is 2.38. The number of Topliss-reactive ketones (excluding diaryl/α,β-unsaturated/α-hetero) is 1. The second-order valence-electron chi connectivity index (χ2n) is 4.06. The Hall–Kier alpha value is -1.31. The highest BCUT2D eigenvalue weighted by atomic mass is 35.5. The van der Waals surface area contributed by atoms with Crippen molar-refractivity contribution >= 4 is 29.0 Å². The molecule has 0 aliphatic heterocycles. The Morgan fingerprint density at radius 2 is 1.33 bits per heavy atom. The van der Waals surface area contributed by atoms with E-state index in [-0.39, 0.29) is 5.78 Å². The normalized spacial score (nSPS) is 10.3. The summed E-state index contributed by atoms with van der Waals surface area (Å²) in [6.07, 6.45) is 1.21. The van der Waals surface area contributed by atoms with Gasteiger partial charge in [0, 0.05) is 22.0 Å². The summed E-state index contributed by atoms with van der Waals surface area (Å²) < 4.78 is 0. The van der Waals surface area contributed by atoms with Crippen molar-refractivity contribution in [1.82, 2.24) is 0 Å². The van der Waals surface area contributed by atoms with Gasteiger partial charge in [-0.15, -0.1) is 0 Å². The number of ketones is 1. The minimum Gasteiger partial charge on any atom is -0.294 e. The van der Waals surface area contributed by atoms with E-state index in [0.717, 1.165) is 12.0 Å². The zero-order valence-electron chi connectivity index (χ0n) is 9.70. The van der Waals surface area contributed by atoms with Gasteiger partial charge in [0.25, 0.3) is 0 Å². The van der Waals surface area contributed by atoms with Crippen LogP contribution in [0.25, 0.3) is 0 Å². The van der Waals surface area contributed by atoms with Gasteiger partial charge >= 0.3 is 0 Å². The zero-order chi connectivity index (χ0) is 13.0. The molecule has 3 heteroatoms. The minimum absolute atomic E-state index is 0.126. The first-order valence-corrected chi connectivity index (χ1v) is 6.44. The van der Waals surface area contributed by atoms with Crippen molar-refractivity contribution in [3.63, 3.8) is 0 Å². The van der Waals surface area contributed by atoms with Crippen molar-refractivity contribution in [3.05, 3.63) is 69.7 Å². The van der Waals surface area contributed by atoms with Gasteiger partial charge in [-0.3, -0.25) is 4.79 Å². The average molecular weight is 279 g/mol. The van der Waals surface area contributed by atoms with E-state index in [9.17, 15) is 4.79 Å². The van der Waals surface area contributed by atoms with E-state index < -0.39 is 0 Å². The molecule has 0 unspecified atom stereocenters. The predicted molar refractivity (Wildman–Crippen MR) is 75.6 cm³/mol. The SMILES string of the molecule is O=C(CCc1ccc(Cl)cc1)c1ccc(Cl)cc1. The summed E-state index contributed by atoms with van der Waals surface area (Å²) in [6.45, 7) is 0. The molecule has 0 radical (unpaired) electrons. The molecule has 1 nitrogen and oxygen atoms in total. The van der Waals surface area contributed by atoms with Crippen molar-refractivity contribution in [1.29, 1.82) is 0 Å². The Morgan fingerprint density at radius 3 is 1.89 bits per heavy atom. The van der Waals surface area contributed by atoms with Gasteiger partial charge in [-0.05, 0) is 48.4 Å². The van der Waals surface area contributed by atoms with Crippen molar-refractivity contribution in [2.24, 2.45) is 0 Å². The molecule has 0 amide bonds. The Kier molecular flexibility index (Phi) is 4.40. The van der Waals surface area contributed by atoms with Gasteiger partial charge in [0.05, 0.1) is 0 Å². The fourth-order valence-corrected chi connectivity index (χ4v) is 1.94. The molecule has 0 atom stereocenters. The molecule has 0 aliphatic carbocycles. The highest BCUT2D eigenvalue weighted by molar-refractivity contribution is 6.30. The molecular weight excluding hydrogens is 267 g/mol. The Morgan fingerprint density at radius 1 is 0.833 bits per heavy atom. The Balaban J connectivity index is 1.96. The van der Waals surface area contributed by atoms with Crippen LogP contribution in [-0.4, -0.2) is 5.78 Å². The third kappa shape index (κ3) is 3.59. The standard InChI is InChI=1S/C15H12Cl2O/c16-13-6-1-11(2-7-13)3-10-15(18)12-4-8-14(17)9-5-12/h1-2,4-9H,3,10H2. The summed E-state index contributed by atoms with van der Waals surface area (Å²) in [4.78, 5) is 11.9. The lowest BCUT2D eigenvalue weighted by Crippen LogP contribution is -2.00. The molecule has 0 heterocycles. The molecule has 2 rings (SSSR count). The second kappa shape index (κ2) is 6.03. The van der Waals surface area contributed by atoms with Gasteiger partial charge in [-0.25, -0.2) is 0 Å². The van der Waals surface area contributed by atoms with E-state index in [0.29, 0.717) is 22.0 Å². The third-order valence-electron chi connectivity index (χ3n) is 2.72. The quantitative estimate of drug-likeness (QED) is 0.734. The first-order chi connectivity index (χ1) is 8.65. The summed E-state index contributed by atoms with van der Waals surface area (Å²) >= 11 is 11.6. The maximum atomic E-state index is 11.9. The lowest BCUT2D eigenvalue weighted by Gasteiger charge is -2.02. The molecule has 0 spiro atoms. The molecule has 18 heavy (non-hydrogen) atoms. The highest BCUT2D eigenvalue weighted by Gasteiger charge is 2.05. The molecule has 0 saturated heterocycles. The number of carbonyl (C=O) groups is 1. The molecule has 0 bridgehead atoms. The molecular formula is C15H12Cl2O. The molecule has 92 valence electrons. The van der Waals surface area contributed by atoms with Gasteiger partial charge < -0.3 is 0 Å². The Labute approximate surface area is 116 Å². The topological polar surface area (TPSA) is 17.1 Å². The predicted octanol–water partition coefficient (Wildman–Crippen LogP) is 4.81. The number of rotatable bonds is 4. The molecule has 0 aliphatic rings. The monoisotopic (exact) mass is 278 g/mol. The second-order valence-corrected chi connectivity index (χ2v) is 4.93. The van der Waals surface area contributed by atoms with Crippen LogP contribution in [0.5, 0.6) is 0 Å². The largest absolute Gasteiger partial charge is 0.294 e. The molecule has 0 N–H and O–H groups in total. The first-order valence-electron chi connectivity index (χ1n) is 5.68. The van der Waals surface area contributed by atoms with Crippen molar-refractivity contribution in [2.45, 2.75) is 12.8 Å². The van der Waals surface area contributed by atoms with Crippen LogP contribution >= 0.6 is 23.2 Å². The van der Waals surface area contributed by atoms with Gasteiger partial charge in [-0.1, -0.05) is 35.3 Å². The summed E-state index contributed by atoms with van der Waals surface area (Å²) in [5.74, 6) is 0.126. The van der Waals surface area contributed by atoms with E-state index in [1.807, 2.05) is 24.3 Å². The van der Waals surface area contributed by atoms with Crippen molar-refractivity contribution < 1.29 is 4.79 Å². The lowest BCUT2D eigenvalue weighted by molar-refractivity contribution is 0.0983. The molecule has 0 saturated carbocycles. The maximum Gasteiger partial charge on any atom is 0.163 e. The Bertz CT molecular complexity index is 529. The van der Waals surface area contributed by atoms with E-state index >= 15 is 0 Å². The summed E-state index contributed by atoms with van der Waals surface area (Å²) in [5.41, 5.74) is 1.81. The van der Waals surface area contributed by atoms with Crippen molar-refractivity contribution in [2.75, 3.05) is 0 Å². The molecule has 2 aromatic carbocycles. The first kappa shape index (κ1) is 13.1. The number of benzene rings is 2. The molecule has 2 aromatic rings. The summed E-state index contributed by atoms with van der Waals surface area (Å²) in [6, 6.07) is 14.5. The van der Waals surface area contributed by atoms with E-state index in [2.05, 4.69) is 0 Å². The number of carbonyl (C=O) groups excluding carboxylic acids is 1. The summed E-state index contributed by atoms with van der Waals surface area (Å²) in [7, 11) is 0. The number of aryl methyl sites for hydroxylation is 1. The van der Waals surface area contributed by atoms with Crippen LogP contribution in [0.3, 0.4) is 0 Å². The van der Waals surface area contributed by atoms with Crippen molar-refractivity contribution in [3.8, 4) is 0 Å². The van der Waals surface area contributed by atoms with Crippen LogP contribution in [-0.2, 0) is 6.42 Å². The number of hydrogen-bond donors (Lipinski definition) is 0. The third-order valence-corrected chi connectivity index (χ3v) is 3.22. The van der Waals surface area contributed by atoms with Crippen LogP contribution in [0.15, 0.2) is 48.5 Å². The molecule has 0 aromatic heterocycles. The highest BCUT2D eigenvalue weighted by Crippen LogP contribution is 2.14. The van der Waals surface area contributed by atoms with Crippen LogP contribution in [0.4, 0.5) is 0 Å². The van der Waals surface area contributed by atoms with Gasteiger partial charge in [0.15, 0.2) is 5.78 Å². The van der Waals surface area contributed by atoms with E-state index in [4.69, 9.17) is 23.2 Å². The number of halogens is 2. The van der Waals surface area contributed by atoms with Crippen LogP contribution < -0.4 is 0 Å². The smallest absolute Gasteiger partial charge is 0.163 e. The molecule has 0 fully saturated rings. The van der Waals surface area contributed by atoms with E-state index in [1.54, 1.807) is 24.3 Å². The van der Waals surface area contributed by atoms with Crippen LogP contribution in [0.2, 0.25) is 10.0 Å². The van der Waals surface area contributed by atoms with Gasteiger partial charge in [0.1, 0.15) is 0 Å². The summed E-state index contributed by atoms with van der Waals surface area (Å²) in [5, 5.41) is 1.35. The zero-order valence-corrected chi connectivity index (χ0v) is 11.2. The fraction of sp³-hybridized carbons (Fsp3) is 0.133. The lowest BCUT2D eigenvalue weighted by atomic mass is 10.0. The van der Waals surface area contributed by atoms with E-state index in [1.165, 1.54) is 0 Å².